The van der Waals surface area contributed by atoms with E-state index in [9.17, 15) is 0 Å². The second kappa shape index (κ2) is 3.84. The molecule has 2 aromatic rings. The van der Waals surface area contributed by atoms with E-state index in [1.54, 1.807) is 0 Å². The van der Waals surface area contributed by atoms with Gasteiger partial charge in [-0.05, 0) is 19.1 Å². The number of aryl methyl sites for hydroxylation is 1. The van der Waals surface area contributed by atoms with Crippen molar-refractivity contribution in [1.82, 2.24) is 15.0 Å². The molecule has 14 heavy (non-hydrogen) atoms. The van der Waals surface area contributed by atoms with Gasteiger partial charge in [0.2, 0.25) is 0 Å². The number of hydrogen-bond acceptors (Lipinski definition) is 3. The monoisotopic (exact) mass is 249 g/mol. The molecule has 0 saturated heterocycles. The zero-order valence-corrected chi connectivity index (χ0v) is 9.19. The van der Waals surface area contributed by atoms with Crippen molar-refractivity contribution in [3.8, 4) is 11.4 Å². The van der Waals surface area contributed by atoms with Crippen LogP contribution in [-0.2, 0) is 0 Å². The molecule has 0 amide bonds. The first-order valence-corrected chi connectivity index (χ1v) is 4.96. The van der Waals surface area contributed by atoms with Gasteiger partial charge in [0.05, 0.1) is 0 Å². The Hall–Kier alpha value is -1.29. The third kappa shape index (κ3) is 1.96. The smallest absolute Gasteiger partial charge is 0.162 e. The maximum Gasteiger partial charge on any atom is 0.162 e. The predicted molar refractivity (Wildman–Crippen MR) is 57.7 cm³/mol. The maximum absolute atomic E-state index is 4.24. The molecule has 0 spiro atoms. The minimum atomic E-state index is 0.713. The summed E-state index contributed by atoms with van der Waals surface area (Å²) in [6.07, 6.45) is 1.53. The zero-order valence-electron chi connectivity index (χ0n) is 7.61. The molecule has 0 atom stereocenters. The summed E-state index contributed by atoms with van der Waals surface area (Å²) in [5.41, 5.74) is 0.999. The molecule has 70 valence electrons. The summed E-state index contributed by atoms with van der Waals surface area (Å²) >= 11 is 3.38. The van der Waals surface area contributed by atoms with E-state index in [4.69, 9.17) is 0 Å². The molecular formula is C10H8BrN3. The van der Waals surface area contributed by atoms with Crippen molar-refractivity contribution in [3.05, 3.63) is 40.9 Å². The Morgan fingerprint density at radius 1 is 1.07 bits per heavy atom. The van der Waals surface area contributed by atoms with Gasteiger partial charge in [-0.25, -0.2) is 15.0 Å². The summed E-state index contributed by atoms with van der Waals surface area (Å²) in [5, 5.41) is 0. The molecule has 3 nitrogen and oxygen atoms in total. The van der Waals surface area contributed by atoms with Crippen molar-refractivity contribution in [3.63, 3.8) is 0 Å². The minimum absolute atomic E-state index is 0.713. The molecule has 0 radical (unpaired) electrons. The van der Waals surface area contributed by atoms with Crippen molar-refractivity contribution < 1.29 is 0 Å². The SMILES string of the molecule is Cc1ncnc(-c2ccc(Br)cc2)n1. The summed E-state index contributed by atoms with van der Waals surface area (Å²) < 4.78 is 1.05. The largest absolute Gasteiger partial charge is 0.222 e. The Bertz CT molecular complexity index is 439. The van der Waals surface area contributed by atoms with E-state index in [1.165, 1.54) is 6.33 Å². The van der Waals surface area contributed by atoms with Crippen molar-refractivity contribution in [2.45, 2.75) is 6.92 Å². The summed E-state index contributed by atoms with van der Waals surface area (Å²) in [6, 6.07) is 7.88. The number of nitrogens with zero attached hydrogens (tertiary/aromatic N) is 3. The molecule has 2 rings (SSSR count). The highest BCUT2D eigenvalue weighted by atomic mass is 79.9. The maximum atomic E-state index is 4.24. The zero-order chi connectivity index (χ0) is 9.97. The van der Waals surface area contributed by atoms with Gasteiger partial charge >= 0.3 is 0 Å². The Morgan fingerprint density at radius 2 is 1.79 bits per heavy atom. The molecule has 0 N–H and O–H groups in total. The molecule has 1 heterocycles. The van der Waals surface area contributed by atoms with Crippen LogP contribution in [0.4, 0.5) is 0 Å². The molecule has 1 aromatic heterocycles. The molecule has 0 bridgehead atoms. The van der Waals surface area contributed by atoms with E-state index in [-0.39, 0.29) is 0 Å². The van der Waals surface area contributed by atoms with Gasteiger partial charge in [-0.2, -0.15) is 0 Å². The predicted octanol–water partition coefficient (Wildman–Crippen LogP) is 2.61. The second-order valence-electron chi connectivity index (χ2n) is 2.86. The van der Waals surface area contributed by atoms with Crippen LogP contribution in [0.3, 0.4) is 0 Å². The molecule has 4 heteroatoms. The lowest BCUT2D eigenvalue weighted by Crippen LogP contribution is -1.93. The van der Waals surface area contributed by atoms with Crippen LogP contribution in [-0.4, -0.2) is 15.0 Å². The lowest BCUT2D eigenvalue weighted by atomic mass is 10.2. The number of hydrogen-bond donors (Lipinski definition) is 0. The van der Waals surface area contributed by atoms with Gasteiger partial charge < -0.3 is 0 Å². The first-order valence-electron chi connectivity index (χ1n) is 4.17. The number of aromatic nitrogens is 3. The summed E-state index contributed by atoms with van der Waals surface area (Å²) in [6.45, 7) is 1.85. The van der Waals surface area contributed by atoms with Crippen molar-refractivity contribution in [2.75, 3.05) is 0 Å². The van der Waals surface area contributed by atoms with Crippen molar-refractivity contribution in [2.24, 2.45) is 0 Å². The summed E-state index contributed by atoms with van der Waals surface area (Å²) in [5.74, 6) is 1.45. The van der Waals surface area contributed by atoms with Gasteiger partial charge in [0.15, 0.2) is 5.82 Å². The Kier molecular flexibility index (Phi) is 2.54. The molecular weight excluding hydrogens is 242 g/mol. The van der Waals surface area contributed by atoms with E-state index >= 15 is 0 Å². The Balaban J connectivity index is 2.44. The van der Waals surface area contributed by atoms with E-state index < -0.39 is 0 Å². The van der Waals surface area contributed by atoms with Gasteiger partial charge in [0.1, 0.15) is 12.2 Å². The van der Waals surface area contributed by atoms with Crippen LogP contribution in [0.2, 0.25) is 0 Å². The Morgan fingerprint density at radius 3 is 2.43 bits per heavy atom. The van der Waals surface area contributed by atoms with Gasteiger partial charge in [0, 0.05) is 10.0 Å². The first-order chi connectivity index (χ1) is 6.75. The molecule has 1 aromatic carbocycles. The quantitative estimate of drug-likeness (QED) is 0.780. The van der Waals surface area contributed by atoms with Crippen LogP contribution >= 0.6 is 15.9 Å². The van der Waals surface area contributed by atoms with E-state index in [0.717, 1.165) is 15.9 Å². The number of benzene rings is 1. The van der Waals surface area contributed by atoms with Crippen LogP contribution in [0, 0.1) is 6.92 Å². The van der Waals surface area contributed by atoms with Gasteiger partial charge in [-0.3, -0.25) is 0 Å². The van der Waals surface area contributed by atoms with Gasteiger partial charge in [-0.15, -0.1) is 0 Å². The lowest BCUT2D eigenvalue weighted by Gasteiger charge is -1.99. The van der Waals surface area contributed by atoms with Crippen LogP contribution in [0.5, 0.6) is 0 Å². The van der Waals surface area contributed by atoms with Crippen LogP contribution < -0.4 is 0 Å². The van der Waals surface area contributed by atoms with Crippen molar-refractivity contribution >= 4 is 15.9 Å². The van der Waals surface area contributed by atoms with E-state index in [2.05, 4.69) is 30.9 Å². The highest BCUT2D eigenvalue weighted by Crippen LogP contribution is 2.17. The minimum Gasteiger partial charge on any atom is -0.222 e. The summed E-state index contributed by atoms with van der Waals surface area (Å²) in [7, 11) is 0. The molecule has 0 aliphatic carbocycles. The average Bonchev–Trinajstić information content (AvgIpc) is 2.19. The molecule has 0 aliphatic rings. The van der Waals surface area contributed by atoms with Crippen LogP contribution in [0.15, 0.2) is 35.1 Å². The summed E-state index contributed by atoms with van der Waals surface area (Å²) in [4.78, 5) is 12.3. The Labute approximate surface area is 90.4 Å². The average molecular weight is 250 g/mol. The normalized spacial score (nSPS) is 10.1. The third-order valence-corrected chi connectivity index (χ3v) is 2.32. The number of rotatable bonds is 1. The fraction of sp³-hybridized carbons (Fsp3) is 0.100. The molecule has 0 aliphatic heterocycles. The van der Waals surface area contributed by atoms with E-state index in [1.807, 2.05) is 31.2 Å². The molecule has 0 unspecified atom stereocenters. The lowest BCUT2D eigenvalue weighted by molar-refractivity contribution is 0.983. The van der Waals surface area contributed by atoms with E-state index in [0.29, 0.717) is 5.82 Å². The highest BCUT2D eigenvalue weighted by Gasteiger charge is 2.00. The van der Waals surface area contributed by atoms with Gasteiger partial charge in [-0.1, -0.05) is 28.1 Å². The number of halogens is 1. The van der Waals surface area contributed by atoms with Crippen molar-refractivity contribution in [1.29, 1.82) is 0 Å². The highest BCUT2D eigenvalue weighted by molar-refractivity contribution is 9.10. The molecule has 0 fully saturated rings. The fourth-order valence-electron chi connectivity index (χ4n) is 1.12. The first kappa shape index (κ1) is 9.27. The fourth-order valence-corrected chi connectivity index (χ4v) is 1.38. The van der Waals surface area contributed by atoms with Crippen LogP contribution in [0.25, 0.3) is 11.4 Å². The topological polar surface area (TPSA) is 38.7 Å². The second-order valence-corrected chi connectivity index (χ2v) is 3.78. The molecule has 0 saturated carbocycles. The third-order valence-electron chi connectivity index (χ3n) is 1.79. The standard InChI is InChI=1S/C10H8BrN3/c1-7-12-6-13-10(14-7)8-2-4-9(11)5-3-8/h2-6H,1H3. The van der Waals surface area contributed by atoms with Crippen LogP contribution in [0.1, 0.15) is 5.82 Å². The van der Waals surface area contributed by atoms with Gasteiger partial charge in [0.25, 0.3) is 0 Å².